The van der Waals surface area contributed by atoms with Gasteiger partial charge in [0.1, 0.15) is 28.9 Å². The first-order valence-corrected chi connectivity index (χ1v) is 32.4. The minimum atomic E-state index is -5.97. The van der Waals surface area contributed by atoms with E-state index in [-0.39, 0.29) is 26.9 Å². The molecule has 0 N–H and O–H groups in total. The molecule has 1 aliphatic rings. The van der Waals surface area contributed by atoms with E-state index in [1.54, 1.807) is 67.8 Å². The van der Waals surface area contributed by atoms with E-state index in [0.29, 0.717) is 77.1 Å². The second-order valence-corrected chi connectivity index (χ2v) is 25.5. The van der Waals surface area contributed by atoms with E-state index in [1.165, 1.54) is 54.6 Å². The van der Waals surface area contributed by atoms with Crippen LogP contribution in [0, 0.1) is 0 Å². The zero-order valence-corrected chi connectivity index (χ0v) is 52.8. The summed E-state index contributed by atoms with van der Waals surface area (Å²) in [6.07, 6.45) is -8.63. The van der Waals surface area contributed by atoms with E-state index in [1.807, 2.05) is 48.5 Å². The van der Waals surface area contributed by atoms with Gasteiger partial charge in [0.05, 0.1) is 16.9 Å². The Morgan fingerprint density at radius 2 is 0.688 bits per heavy atom. The number of methoxy groups -OCH3 is 1. The van der Waals surface area contributed by atoms with Gasteiger partial charge in [-0.25, -0.2) is 8.42 Å². The summed E-state index contributed by atoms with van der Waals surface area (Å²) in [7, 11) is -2.29. The van der Waals surface area contributed by atoms with Crippen molar-refractivity contribution in [3.05, 3.63) is 277 Å². The smallest absolute Gasteiger partial charge is 0.170 e. The Labute approximate surface area is 535 Å². The summed E-state index contributed by atoms with van der Waals surface area (Å²) >= 11 is 0. The minimum Gasteiger partial charge on any atom is -0.170 e. The van der Waals surface area contributed by atoms with Crippen molar-refractivity contribution in [1.29, 1.82) is 0 Å². The first-order chi connectivity index (χ1) is 45.6. The third-order valence-electron chi connectivity index (χ3n) is 15.3. The van der Waals surface area contributed by atoms with Crippen LogP contribution in [0.4, 0.5) is 57.1 Å². The Morgan fingerprint density at radius 3 is 1.00 bits per heavy atom. The SMILES string of the molecule is C=Cc1ccc(C(c2ccc(OC3(F)C(F)(F)C(F)(F)C3(F)Oc3ccc(C(c4ccc(O/[C](F)=[Cf]\[O]c5ccc(-c6ccc(Oc7ccc(S(=O)(=O)c8ccc(Oc9ccc(-c%10ccc(OC)cc%10)cc9)cc8)cc7)cc6)cc5)cc4)C(F)(F)F)cc3)cc2)C(F)(F)F)cc1. The Morgan fingerprint density at radius 1 is 0.406 bits per heavy atom. The molecule has 96 heavy (non-hydrogen) atoms. The maximum Gasteiger partial charge on any atom is 0.399 e. The van der Waals surface area contributed by atoms with E-state index in [0.717, 1.165) is 64.4 Å². The number of halogens is 13. The van der Waals surface area contributed by atoms with Gasteiger partial charge in [-0.3, -0.25) is 0 Å². The molecule has 9 nitrogen and oxygen atoms in total. The summed E-state index contributed by atoms with van der Waals surface area (Å²) in [5.41, 5.74) is 2.13. The van der Waals surface area contributed by atoms with Crippen LogP contribution >= 0.6 is 0 Å². The second-order valence-electron chi connectivity index (χ2n) is 21.5. The number of alkyl halides is 12. The molecule has 1 saturated carbocycles. The van der Waals surface area contributed by atoms with Gasteiger partial charge < -0.3 is 14.2 Å². The molecule has 0 bridgehead atoms. The van der Waals surface area contributed by atoms with E-state index < -0.39 is 92.6 Å². The number of hydrogen-bond acceptors (Lipinski definition) is 9. The van der Waals surface area contributed by atoms with Crippen molar-refractivity contribution in [2.45, 2.75) is 57.5 Å². The van der Waals surface area contributed by atoms with Crippen molar-refractivity contribution >= 4 is 22.8 Å². The number of hydrogen-bond donors (Lipinski definition) is 0. The van der Waals surface area contributed by atoms with Crippen molar-refractivity contribution in [3.8, 4) is 74.0 Å². The monoisotopic (exact) mass is 1580 g/mol. The van der Waals surface area contributed by atoms with Crippen LogP contribution in [0.1, 0.15) is 39.7 Å². The van der Waals surface area contributed by atoms with Gasteiger partial charge in [0.2, 0.25) is 9.84 Å². The van der Waals surface area contributed by atoms with Gasteiger partial charge >= 0.3 is 246 Å². The van der Waals surface area contributed by atoms with Gasteiger partial charge in [-0.2, -0.15) is 39.5 Å². The van der Waals surface area contributed by atoms with E-state index in [4.69, 9.17) is 24.1 Å². The maximum atomic E-state index is 16.1. The number of sulfone groups is 1. The van der Waals surface area contributed by atoms with Crippen LogP contribution in [0.25, 0.3) is 28.3 Å². The van der Waals surface area contributed by atoms with Crippen LogP contribution in [0.15, 0.2) is 259 Å². The Bertz CT molecular complexity index is 4510. The average molecular weight is 1590 g/mol. The van der Waals surface area contributed by atoms with Gasteiger partial charge in [-0.1, -0.05) is 73.3 Å². The Balaban J connectivity index is 0.663. The van der Waals surface area contributed by atoms with E-state index in [2.05, 4.69) is 16.1 Å². The van der Waals surface area contributed by atoms with Crippen LogP contribution in [-0.4, -0.2) is 58.3 Å². The largest absolute Gasteiger partial charge is 0.399 e. The summed E-state index contributed by atoms with van der Waals surface area (Å²) in [4.78, 5) is 0.121. The van der Waals surface area contributed by atoms with E-state index >= 15 is 13.2 Å². The molecule has 4 atom stereocenters. The van der Waals surface area contributed by atoms with Crippen LogP contribution in [0.2, 0.25) is 0 Å². The molecule has 10 aromatic carbocycles. The molecule has 497 valence electrons. The maximum absolute atomic E-state index is 16.1. The third-order valence-corrected chi connectivity index (χ3v) is 18.7. The Kier molecular flexibility index (Phi) is 17.7. The van der Waals surface area contributed by atoms with Crippen LogP contribution in [0.3, 0.4) is 0 Å². The van der Waals surface area contributed by atoms with Gasteiger partial charge in [-0.05, 0) is 101 Å². The summed E-state index contributed by atoms with van der Waals surface area (Å²) in [6.45, 7) is 2.48. The molecule has 11 rings (SSSR count). The topological polar surface area (TPSA) is 98.8 Å². The Hall–Kier alpha value is -11.6. The molecule has 0 aromatic heterocycles. The normalized spacial score (nSPS) is 17.3. The third kappa shape index (κ3) is 13.2. The number of rotatable bonds is 22. The van der Waals surface area contributed by atoms with Crippen molar-refractivity contribution < 1.29 is 99.0 Å². The molecule has 4 unspecified atom stereocenters. The van der Waals surface area contributed by atoms with Crippen molar-refractivity contribution in [1.82, 2.24) is 0 Å². The molecule has 0 aliphatic heterocycles. The summed E-state index contributed by atoms with van der Waals surface area (Å²) in [5.74, 6) is -27.0. The fraction of sp³-hybridized carbons (Fsp3) is 0.125. The first-order valence-electron chi connectivity index (χ1n) is 28.5. The average Bonchev–Trinajstić information content (AvgIpc) is 0.656. The molecule has 0 saturated heterocycles. The van der Waals surface area contributed by atoms with Gasteiger partial charge in [-0.15, -0.1) is 0 Å². The van der Waals surface area contributed by atoms with Gasteiger partial charge in [0, 0.05) is 0 Å². The minimum absolute atomic E-state index is 0.0521. The molecule has 1 fully saturated rings. The molecule has 1 aliphatic carbocycles. The molecular weight excluding hydrogens is 1540 g/mol. The zero-order valence-electron chi connectivity index (χ0n) is 49.3. The van der Waals surface area contributed by atoms with Crippen LogP contribution < -0.4 is 33.5 Å². The van der Waals surface area contributed by atoms with E-state index in [9.17, 15) is 52.3 Å². The molecule has 10 aromatic rings. The summed E-state index contributed by atoms with van der Waals surface area (Å²) in [6, 6.07) is 54.3. The van der Waals surface area contributed by atoms with Crippen molar-refractivity contribution in [2.75, 3.05) is 7.11 Å². The van der Waals surface area contributed by atoms with Crippen molar-refractivity contribution in [3.63, 3.8) is 0 Å². The first kappa shape index (κ1) is 65.9. The fourth-order valence-electron chi connectivity index (χ4n) is 10.3. The predicted octanol–water partition coefficient (Wildman–Crippen LogP) is 20.1. The zero-order chi connectivity index (χ0) is 68.4. The standard InChI is InChI=1S/C37H28O6S.C35H21F13O3.Cf/c1-41-31-12-4-27(5-13-31)29-8-16-33(17-9-29)43-35-20-24-37(25-21-35)44(39,40)36-22-18-34(19-23-36)42-32-14-6-28(7-15-32)26-2-10-30(38)11-3-26;1-2-20-3-5-21(6-4-20)28(30(37,38)39)23-9-15-26(16-10-23)50-34(47)32(43,44)33(45,46)35(34,48)51-27-17-11-24(12-18-27)29(31(40,41)42)22-7-13-25(14-8-22)49-19-36;/h2-25,38H,1H3;2-18,28-29H,1H2;/q;;+1/p-1. The second kappa shape index (κ2) is 25.7. The summed E-state index contributed by atoms with van der Waals surface area (Å²) in [5, 5.41) is 5.65. The van der Waals surface area contributed by atoms with Gasteiger partial charge in [0.25, 0.3) is 0 Å². The number of benzene rings is 10. The molecule has 0 amide bonds. The molecule has 0 spiro atoms. The van der Waals surface area contributed by atoms with Crippen LogP contribution in [-0.2, 0) is 9.84 Å². The number of ether oxygens (including phenoxy) is 6. The summed E-state index contributed by atoms with van der Waals surface area (Å²) < 4.78 is 250. The quantitative estimate of drug-likeness (QED) is 0.0614. The molecule has 24 heteroatoms. The molecule has 0 heterocycles. The fourth-order valence-corrected chi connectivity index (χ4v) is 12.9. The molecular formula is C72H48CfF13O9S. The predicted molar refractivity (Wildman–Crippen MR) is 327 cm³/mol. The molecule has 0 radical (unpaired) electrons. The van der Waals surface area contributed by atoms with Crippen LogP contribution in [0.5, 0.6) is 51.7 Å². The van der Waals surface area contributed by atoms with Gasteiger partial charge in [0.15, 0.2) is 0 Å². The van der Waals surface area contributed by atoms with Crippen molar-refractivity contribution in [2.24, 2.45) is 0 Å².